The Morgan fingerprint density at radius 3 is 2.68 bits per heavy atom. The molecule has 8 heteroatoms. The molecule has 0 bridgehead atoms. The number of ether oxygens (including phenoxy) is 1. The Morgan fingerprint density at radius 1 is 1.29 bits per heavy atom. The molecule has 0 unspecified atom stereocenters. The number of benzene rings is 1. The van der Waals surface area contributed by atoms with Crippen molar-refractivity contribution in [3.63, 3.8) is 0 Å². The molecule has 2 aliphatic heterocycles. The summed E-state index contributed by atoms with van der Waals surface area (Å²) in [5, 5.41) is 21.4. The minimum absolute atomic E-state index is 0.00867. The molecule has 28 heavy (non-hydrogen) atoms. The van der Waals surface area contributed by atoms with E-state index in [4.69, 9.17) is 10.1 Å². The number of carbonyl (C=O) groups excluding carboxylic acids is 1. The van der Waals surface area contributed by atoms with Crippen LogP contribution >= 0.6 is 11.3 Å². The van der Waals surface area contributed by atoms with E-state index in [0.717, 1.165) is 42.9 Å². The van der Waals surface area contributed by atoms with Crippen molar-refractivity contribution in [1.82, 2.24) is 14.8 Å². The van der Waals surface area contributed by atoms with Crippen LogP contribution in [0.3, 0.4) is 0 Å². The number of aliphatic hydroxyl groups is 1. The zero-order valence-corrected chi connectivity index (χ0v) is 16.5. The number of carbonyl (C=O) groups is 1. The van der Waals surface area contributed by atoms with E-state index in [1.165, 1.54) is 11.3 Å². The van der Waals surface area contributed by atoms with E-state index in [1.807, 2.05) is 34.5 Å². The quantitative estimate of drug-likeness (QED) is 0.808. The lowest BCUT2D eigenvalue weighted by molar-refractivity contribution is -0.130. The van der Waals surface area contributed by atoms with Gasteiger partial charge in [-0.3, -0.25) is 10.2 Å². The number of thiazole rings is 1. The number of amidine groups is 1. The van der Waals surface area contributed by atoms with Gasteiger partial charge in [-0.2, -0.15) is 0 Å². The molecule has 2 aromatic rings. The Balaban J connectivity index is 1.49. The molecule has 1 aromatic heterocycles. The molecule has 0 radical (unpaired) electrons. The SMILES string of the molecule is COc1ccc(-c2csc(C3=C(O)CN(CC(=O)N4CCCC4)C3=N)n2)cc1. The van der Waals surface area contributed by atoms with Gasteiger partial charge in [-0.1, -0.05) is 0 Å². The van der Waals surface area contributed by atoms with Crippen LogP contribution in [0.1, 0.15) is 17.8 Å². The highest BCUT2D eigenvalue weighted by atomic mass is 32.1. The normalized spacial score (nSPS) is 17.0. The fraction of sp³-hybridized carbons (Fsp3) is 0.350. The summed E-state index contributed by atoms with van der Waals surface area (Å²) in [5.41, 5.74) is 2.13. The molecule has 3 heterocycles. The molecule has 0 atom stereocenters. The number of hydrogen-bond donors (Lipinski definition) is 2. The Labute approximate surface area is 167 Å². The van der Waals surface area contributed by atoms with Crippen LogP contribution in [0, 0.1) is 5.41 Å². The van der Waals surface area contributed by atoms with Gasteiger partial charge in [0.05, 0.1) is 31.5 Å². The molecule has 2 N–H and O–H groups in total. The third kappa shape index (κ3) is 3.47. The molecule has 7 nitrogen and oxygen atoms in total. The van der Waals surface area contributed by atoms with Gasteiger partial charge in [0.25, 0.3) is 0 Å². The molecule has 4 rings (SSSR count). The predicted molar refractivity (Wildman–Crippen MR) is 109 cm³/mol. The maximum absolute atomic E-state index is 12.4. The summed E-state index contributed by atoms with van der Waals surface area (Å²) in [4.78, 5) is 20.4. The molecule has 0 spiro atoms. The van der Waals surface area contributed by atoms with E-state index >= 15 is 0 Å². The lowest BCUT2D eigenvalue weighted by Crippen LogP contribution is -2.40. The van der Waals surface area contributed by atoms with E-state index in [0.29, 0.717) is 10.6 Å². The summed E-state index contributed by atoms with van der Waals surface area (Å²) in [6.45, 7) is 1.85. The fourth-order valence-electron chi connectivity index (χ4n) is 3.51. The van der Waals surface area contributed by atoms with Crippen molar-refractivity contribution in [3.05, 3.63) is 40.4 Å². The minimum atomic E-state index is 0.00867. The summed E-state index contributed by atoms with van der Waals surface area (Å²) in [7, 11) is 1.62. The molecular weight excluding hydrogens is 376 g/mol. The van der Waals surface area contributed by atoms with Crippen LogP contribution in [0.15, 0.2) is 35.4 Å². The standard InChI is InChI=1S/C20H22N4O3S/c1-27-14-6-4-13(5-7-14)15-12-28-20(22-15)18-16(25)10-24(19(18)21)11-17(26)23-8-2-3-9-23/h4-7,12,21,25H,2-3,8-11H2,1H3. The Hall–Kier alpha value is -2.87. The zero-order valence-electron chi connectivity index (χ0n) is 15.6. The zero-order chi connectivity index (χ0) is 19.7. The first-order chi connectivity index (χ1) is 13.6. The van der Waals surface area contributed by atoms with Crippen LogP contribution in [0.2, 0.25) is 0 Å². The van der Waals surface area contributed by atoms with Gasteiger partial charge in [-0.05, 0) is 37.1 Å². The van der Waals surface area contributed by atoms with E-state index in [2.05, 4.69) is 4.98 Å². The first-order valence-electron chi connectivity index (χ1n) is 9.21. The molecule has 1 aromatic carbocycles. The van der Waals surface area contributed by atoms with Crippen molar-refractivity contribution in [2.45, 2.75) is 12.8 Å². The monoisotopic (exact) mass is 398 g/mol. The molecule has 1 fully saturated rings. The van der Waals surface area contributed by atoms with Gasteiger partial charge in [-0.15, -0.1) is 11.3 Å². The molecule has 0 saturated carbocycles. The number of rotatable bonds is 5. The number of aromatic nitrogens is 1. The molecule has 0 aliphatic carbocycles. The average molecular weight is 398 g/mol. The molecule has 1 saturated heterocycles. The molecule has 146 valence electrons. The third-order valence-corrected chi connectivity index (χ3v) is 5.93. The number of methoxy groups -OCH3 is 1. The van der Waals surface area contributed by atoms with Crippen LogP contribution in [0.25, 0.3) is 16.8 Å². The lowest BCUT2D eigenvalue weighted by atomic mass is 10.1. The highest BCUT2D eigenvalue weighted by Gasteiger charge is 2.32. The van der Waals surface area contributed by atoms with Gasteiger partial charge < -0.3 is 19.6 Å². The second kappa shape index (κ2) is 7.63. The van der Waals surface area contributed by atoms with E-state index in [1.54, 1.807) is 12.0 Å². The van der Waals surface area contributed by atoms with Crippen molar-refractivity contribution in [2.24, 2.45) is 0 Å². The average Bonchev–Trinajstić information content (AvgIpc) is 3.44. The Bertz CT molecular complexity index is 929. The number of likely N-dealkylation sites (tertiary alicyclic amines) is 1. The summed E-state index contributed by atoms with van der Waals surface area (Å²) >= 11 is 1.38. The Morgan fingerprint density at radius 2 is 2.00 bits per heavy atom. The lowest BCUT2D eigenvalue weighted by Gasteiger charge is -2.22. The summed E-state index contributed by atoms with van der Waals surface area (Å²) < 4.78 is 5.18. The van der Waals surface area contributed by atoms with Crippen LogP contribution in [-0.4, -0.2) is 64.9 Å². The smallest absolute Gasteiger partial charge is 0.242 e. The first kappa shape index (κ1) is 18.5. The summed E-state index contributed by atoms with van der Waals surface area (Å²) in [5.74, 6) is 1.03. The second-order valence-electron chi connectivity index (χ2n) is 6.88. The van der Waals surface area contributed by atoms with Crippen LogP contribution in [0.4, 0.5) is 0 Å². The van der Waals surface area contributed by atoms with Crippen molar-refractivity contribution < 1.29 is 14.6 Å². The van der Waals surface area contributed by atoms with E-state index in [9.17, 15) is 9.90 Å². The number of hydrogen-bond acceptors (Lipinski definition) is 6. The fourth-order valence-corrected chi connectivity index (χ4v) is 4.40. The number of nitrogens with zero attached hydrogens (tertiary/aromatic N) is 3. The highest BCUT2D eigenvalue weighted by Crippen LogP contribution is 2.32. The maximum Gasteiger partial charge on any atom is 0.242 e. The molecular formula is C20H22N4O3S. The summed E-state index contributed by atoms with van der Waals surface area (Å²) in [6.07, 6.45) is 2.07. The molecule has 2 aliphatic rings. The topological polar surface area (TPSA) is 89.8 Å². The van der Waals surface area contributed by atoms with Gasteiger partial charge in [0.2, 0.25) is 5.91 Å². The van der Waals surface area contributed by atoms with Crippen molar-refractivity contribution >= 4 is 28.7 Å². The van der Waals surface area contributed by atoms with Crippen molar-refractivity contribution in [1.29, 1.82) is 5.41 Å². The third-order valence-electron chi connectivity index (χ3n) is 5.07. The highest BCUT2D eigenvalue weighted by molar-refractivity contribution is 7.11. The van der Waals surface area contributed by atoms with Gasteiger partial charge in [-0.25, -0.2) is 4.98 Å². The van der Waals surface area contributed by atoms with Gasteiger partial charge in [0, 0.05) is 24.0 Å². The predicted octanol–water partition coefficient (Wildman–Crippen LogP) is 3.00. The minimum Gasteiger partial charge on any atom is -0.510 e. The second-order valence-corrected chi connectivity index (χ2v) is 7.74. The van der Waals surface area contributed by atoms with Crippen LogP contribution < -0.4 is 4.74 Å². The number of amides is 1. The number of nitrogens with one attached hydrogen (secondary N) is 1. The number of aliphatic hydroxyl groups excluding tert-OH is 1. The van der Waals surface area contributed by atoms with Crippen molar-refractivity contribution in [2.75, 3.05) is 33.3 Å². The van der Waals surface area contributed by atoms with Crippen molar-refractivity contribution in [3.8, 4) is 17.0 Å². The van der Waals surface area contributed by atoms with Crippen LogP contribution in [0.5, 0.6) is 5.75 Å². The first-order valence-corrected chi connectivity index (χ1v) is 10.1. The van der Waals surface area contributed by atoms with E-state index in [-0.39, 0.29) is 30.6 Å². The largest absolute Gasteiger partial charge is 0.510 e. The van der Waals surface area contributed by atoms with Gasteiger partial charge in [0.15, 0.2) is 0 Å². The van der Waals surface area contributed by atoms with Gasteiger partial charge in [0.1, 0.15) is 22.4 Å². The molecule has 1 amide bonds. The Kier molecular flexibility index (Phi) is 5.04. The van der Waals surface area contributed by atoms with E-state index < -0.39 is 0 Å². The van der Waals surface area contributed by atoms with Gasteiger partial charge >= 0.3 is 0 Å². The maximum atomic E-state index is 12.4. The summed E-state index contributed by atoms with van der Waals surface area (Å²) in [6, 6.07) is 7.59. The van der Waals surface area contributed by atoms with Crippen LogP contribution in [-0.2, 0) is 4.79 Å².